The SMILES string of the molecule is CC(C)CC(C)N(C)c1ncc(Cl)cc1Br. The minimum absolute atomic E-state index is 0.463. The lowest BCUT2D eigenvalue weighted by molar-refractivity contribution is 0.502. The maximum absolute atomic E-state index is 5.87. The summed E-state index contributed by atoms with van der Waals surface area (Å²) in [5.41, 5.74) is 0. The van der Waals surface area contributed by atoms with Gasteiger partial charge in [0.05, 0.1) is 9.50 Å². The van der Waals surface area contributed by atoms with Crippen LogP contribution in [0.2, 0.25) is 5.02 Å². The van der Waals surface area contributed by atoms with Gasteiger partial charge in [-0.2, -0.15) is 0 Å². The highest BCUT2D eigenvalue weighted by Crippen LogP contribution is 2.27. The van der Waals surface area contributed by atoms with E-state index in [0.717, 1.165) is 16.7 Å². The van der Waals surface area contributed by atoms with Crippen LogP contribution in [-0.4, -0.2) is 18.1 Å². The smallest absolute Gasteiger partial charge is 0.142 e. The highest BCUT2D eigenvalue weighted by atomic mass is 79.9. The Labute approximate surface area is 111 Å². The van der Waals surface area contributed by atoms with Crippen molar-refractivity contribution >= 4 is 33.3 Å². The van der Waals surface area contributed by atoms with Crippen LogP contribution >= 0.6 is 27.5 Å². The first-order valence-corrected chi connectivity index (χ1v) is 6.62. The first kappa shape index (κ1) is 13.8. The van der Waals surface area contributed by atoms with E-state index in [1.165, 1.54) is 0 Å². The summed E-state index contributed by atoms with van der Waals surface area (Å²) in [6.07, 6.45) is 2.83. The number of nitrogens with zero attached hydrogens (tertiary/aromatic N) is 2. The summed E-state index contributed by atoms with van der Waals surface area (Å²) >= 11 is 9.37. The molecular weight excluding hydrogens is 288 g/mol. The topological polar surface area (TPSA) is 16.1 Å². The van der Waals surface area contributed by atoms with Gasteiger partial charge in [0.25, 0.3) is 0 Å². The van der Waals surface area contributed by atoms with Crippen LogP contribution in [0.1, 0.15) is 27.2 Å². The van der Waals surface area contributed by atoms with Crippen molar-refractivity contribution in [3.63, 3.8) is 0 Å². The van der Waals surface area contributed by atoms with Crippen molar-refractivity contribution in [2.45, 2.75) is 33.2 Å². The Hall–Kier alpha value is -0.280. The molecule has 0 amide bonds. The summed E-state index contributed by atoms with van der Waals surface area (Å²) in [7, 11) is 2.06. The first-order chi connectivity index (χ1) is 7.41. The average molecular weight is 306 g/mol. The van der Waals surface area contributed by atoms with Gasteiger partial charge in [-0.1, -0.05) is 25.4 Å². The Morgan fingerprint density at radius 1 is 1.44 bits per heavy atom. The van der Waals surface area contributed by atoms with E-state index in [-0.39, 0.29) is 0 Å². The molecule has 0 fully saturated rings. The summed E-state index contributed by atoms with van der Waals surface area (Å²) in [5, 5.41) is 0.653. The van der Waals surface area contributed by atoms with E-state index < -0.39 is 0 Å². The molecule has 1 unspecified atom stereocenters. The Kier molecular flexibility index (Phi) is 5.06. The standard InChI is InChI=1S/C12H18BrClN2/c1-8(2)5-9(3)16(4)12-11(13)6-10(14)7-15-12/h6-9H,5H2,1-4H3. The van der Waals surface area contributed by atoms with Crippen LogP contribution in [0.3, 0.4) is 0 Å². The van der Waals surface area contributed by atoms with E-state index in [1.54, 1.807) is 6.20 Å². The molecule has 0 aliphatic rings. The van der Waals surface area contributed by atoms with Crippen molar-refractivity contribution < 1.29 is 0 Å². The van der Waals surface area contributed by atoms with Crippen LogP contribution in [-0.2, 0) is 0 Å². The van der Waals surface area contributed by atoms with Gasteiger partial charge in [-0.05, 0) is 41.3 Å². The van der Waals surface area contributed by atoms with Gasteiger partial charge < -0.3 is 4.90 Å². The Morgan fingerprint density at radius 3 is 2.56 bits per heavy atom. The maximum Gasteiger partial charge on any atom is 0.142 e. The van der Waals surface area contributed by atoms with Gasteiger partial charge in [0, 0.05) is 19.3 Å². The third kappa shape index (κ3) is 3.63. The molecule has 90 valence electrons. The van der Waals surface area contributed by atoms with Gasteiger partial charge in [0.1, 0.15) is 5.82 Å². The van der Waals surface area contributed by atoms with E-state index in [4.69, 9.17) is 11.6 Å². The lowest BCUT2D eigenvalue weighted by atomic mass is 10.0. The molecule has 0 bridgehead atoms. The van der Waals surface area contributed by atoms with Crippen molar-refractivity contribution in [3.8, 4) is 0 Å². The van der Waals surface area contributed by atoms with Crippen LogP contribution in [0.4, 0.5) is 5.82 Å². The third-order valence-electron chi connectivity index (χ3n) is 2.60. The van der Waals surface area contributed by atoms with Crippen LogP contribution in [0.25, 0.3) is 0 Å². The zero-order chi connectivity index (χ0) is 12.3. The number of pyridine rings is 1. The van der Waals surface area contributed by atoms with Crippen LogP contribution in [0, 0.1) is 5.92 Å². The normalized spacial score (nSPS) is 12.9. The molecule has 2 nitrogen and oxygen atoms in total. The fourth-order valence-corrected chi connectivity index (χ4v) is 2.63. The molecule has 4 heteroatoms. The number of anilines is 1. The van der Waals surface area contributed by atoms with Gasteiger partial charge in [-0.3, -0.25) is 0 Å². The van der Waals surface area contributed by atoms with Gasteiger partial charge >= 0.3 is 0 Å². The zero-order valence-corrected chi connectivity index (χ0v) is 12.5. The molecule has 0 aliphatic carbocycles. The number of rotatable bonds is 4. The summed E-state index contributed by atoms with van der Waals surface area (Å²) < 4.78 is 0.943. The van der Waals surface area contributed by atoms with Crippen molar-refractivity contribution in [1.29, 1.82) is 0 Å². The molecule has 0 aromatic carbocycles. The second-order valence-electron chi connectivity index (χ2n) is 4.55. The van der Waals surface area contributed by atoms with Crippen LogP contribution in [0.15, 0.2) is 16.7 Å². The summed E-state index contributed by atoms with van der Waals surface area (Å²) in [6.45, 7) is 6.67. The van der Waals surface area contributed by atoms with E-state index in [0.29, 0.717) is 17.0 Å². The molecule has 1 aromatic heterocycles. The van der Waals surface area contributed by atoms with Crippen molar-refractivity contribution in [3.05, 3.63) is 21.8 Å². The van der Waals surface area contributed by atoms with E-state index in [9.17, 15) is 0 Å². The van der Waals surface area contributed by atoms with Crippen molar-refractivity contribution in [1.82, 2.24) is 4.98 Å². The molecule has 0 spiro atoms. The largest absolute Gasteiger partial charge is 0.356 e. The van der Waals surface area contributed by atoms with Crippen LogP contribution in [0.5, 0.6) is 0 Å². The van der Waals surface area contributed by atoms with E-state index >= 15 is 0 Å². The molecule has 1 aromatic rings. The lowest BCUT2D eigenvalue weighted by Gasteiger charge is -2.28. The number of hydrogen-bond acceptors (Lipinski definition) is 2. The molecule has 0 N–H and O–H groups in total. The minimum atomic E-state index is 0.463. The number of hydrogen-bond donors (Lipinski definition) is 0. The van der Waals surface area contributed by atoms with E-state index in [1.807, 2.05) is 6.07 Å². The highest BCUT2D eigenvalue weighted by Gasteiger charge is 2.15. The quantitative estimate of drug-likeness (QED) is 0.821. The third-order valence-corrected chi connectivity index (χ3v) is 3.39. The molecule has 16 heavy (non-hydrogen) atoms. The monoisotopic (exact) mass is 304 g/mol. The van der Waals surface area contributed by atoms with Crippen molar-refractivity contribution in [2.75, 3.05) is 11.9 Å². The predicted molar refractivity (Wildman–Crippen MR) is 74.3 cm³/mol. The zero-order valence-electron chi connectivity index (χ0n) is 10.2. The van der Waals surface area contributed by atoms with Gasteiger partial charge in [0.2, 0.25) is 0 Å². The summed E-state index contributed by atoms with van der Waals surface area (Å²) in [4.78, 5) is 6.53. The minimum Gasteiger partial charge on any atom is -0.356 e. The maximum atomic E-state index is 5.87. The fraction of sp³-hybridized carbons (Fsp3) is 0.583. The molecule has 0 saturated heterocycles. The molecule has 1 rings (SSSR count). The van der Waals surface area contributed by atoms with Gasteiger partial charge in [-0.15, -0.1) is 0 Å². The molecular formula is C12H18BrClN2. The molecule has 1 atom stereocenters. The summed E-state index contributed by atoms with van der Waals surface area (Å²) in [6, 6.07) is 2.34. The highest BCUT2D eigenvalue weighted by molar-refractivity contribution is 9.10. The predicted octanol–water partition coefficient (Wildman–Crippen LogP) is 4.37. The summed E-state index contributed by atoms with van der Waals surface area (Å²) in [5.74, 6) is 1.63. The Balaban J connectivity index is 2.83. The number of halogens is 2. The Morgan fingerprint density at radius 2 is 2.06 bits per heavy atom. The van der Waals surface area contributed by atoms with Gasteiger partial charge in [0.15, 0.2) is 0 Å². The molecule has 0 aliphatic heterocycles. The molecule has 0 saturated carbocycles. The first-order valence-electron chi connectivity index (χ1n) is 5.45. The average Bonchev–Trinajstić information content (AvgIpc) is 2.15. The fourth-order valence-electron chi connectivity index (χ4n) is 1.72. The van der Waals surface area contributed by atoms with E-state index in [2.05, 4.69) is 53.6 Å². The number of aromatic nitrogens is 1. The molecule has 0 radical (unpaired) electrons. The molecule has 1 heterocycles. The second kappa shape index (κ2) is 5.87. The lowest BCUT2D eigenvalue weighted by Crippen LogP contribution is -2.31. The van der Waals surface area contributed by atoms with Gasteiger partial charge in [-0.25, -0.2) is 4.98 Å². The Bertz CT molecular complexity index is 355. The van der Waals surface area contributed by atoms with Crippen molar-refractivity contribution in [2.24, 2.45) is 5.92 Å². The van der Waals surface area contributed by atoms with Crippen LogP contribution < -0.4 is 4.90 Å². The second-order valence-corrected chi connectivity index (χ2v) is 5.84.